The van der Waals surface area contributed by atoms with Gasteiger partial charge < -0.3 is 9.47 Å². The quantitative estimate of drug-likeness (QED) is 0.137. The van der Waals surface area contributed by atoms with Gasteiger partial charge in [0.15, 0.2) is 0 Å². The summed E-state index contributed by atoms with van der Waals surface area (Å²) in [5.74, 6) is 0. The van der Waals surface area contributed by atoms with Crippen molar-refractivity contribution in [2.45, 2.75) is 41.3 Å². The van der Waals surface area contributed by atoms with Gasteiger partial charge in [0.1, 0.15) is 5.60 Å². The number of benzene rings is 3. The minimum atomic E-state index is -0.617. The molecule has 1 saturated heterocycles. The molecule has 1 aliphatic rings. The Kier molecular flexibility index (Phi) is 7.58. The molecule has 0 aromatic heterocycles. The van der Waals surface area contributed by atoms with Gasteiger partial charge in [0.2, 0.25) is 0 Å². The van der Waals surface area contributed by atoms with Gasteiger partial charge in [0, 0.05) is 17.1 Å². The lowest BCUT2D eigenvalue weighted by Crippen LogP contribution is -2.33. The van der Waals surface area contributed by atoms with E-state index < -0.39 is 5.60 Å². The van der Waals surface area contributed by atoms with E-state index in [2.05, 4.69) is 114 Å². The highest BCUT2D eigenvalue weighted by Gasteiger charge is 2.37. The van der Waals surface area contributed by atoms with Crippen molar-refractivity contribution < 1.29 is 9.47 Å². The third-order valence-corrected chi connectivity index (χ3v) is 7.28. The van der Waals surface area contributed by atoms with Crippen molar-refractivity contribution in [3.05, 3.63) is 108 Å². The molecule has 0 bridgehead atoms. The first kappa shape index (κ1) is 21.5. The molecule has 0 radical (unpaired) electrons. The minimum Gasteiger partial charge on any atom is -0.377 e. The topological polar surface area (TPSA) is 18.5 Å². The fourth-order valence-electron chi connectivity index (χ4n) is 4.35. The van der Waals surface area contributed by atoms with Crippen LogP contribution in [0.2, 0.25) is 0 Å². The van der Waals surface area contributed by atoms with Crippen LogP contribution in [0.1, 0.15) is 42.4 Å². The van der Waals surface area contributed by atoms with E-state index in [0.29, 0.717) is 16.6 Å². The molecule has 1 heterocycles. The molecule has 156 valence electrons. The molecule has 0 spiro atoms. The van der Waals surface area contributed by atoms with E-state index in [1.807, 2.05) is 0 Å². The SMILES string of the molecule is I[C@H](CCCOC(c1ccccc1)(c1ccccc1)c1ccccc1)[C@H]1CCCO1. The van der Waals surface area contributed by atoms with Crippen molar-refractivity contribution in [2.24, 2.45) is 0 Å². The van der Waals surface area contributed by atoms with Crippen LogP contribution < -0.4 is 0 Å². The third kappa shape index (κ3) is 4.79. The zero-order chi connectivity index (χ0) is 20.7. The average Bonchev–Trinajstić information content (AvgIpc) is 3.36. The van der Waals surface area contributed by atoms with Crippen molar-refractivity contribution in [2.75, 3.05) is 13.2 Å². The maximum Gasteiger partial charge on any atom is 0.143 e. The van der Waals surface area contributed by atoms with Crippen molar-refractivity contribution in [3.63, 3.8) is 0 Å². The van der Waals surface area contributed by atoms with Gasteiger partial charge >= 0.3 is 0 Å². The van der Waals surface area contributed by atoms with Crippen LogP contribution in [0.3, 0.4) is 0 Å². The first-order valence-corrected chi connectivity index (χ1v) is 12.1. The van der Waals surface area contributed by atoms with E-state index in [4.69, 9.17) is 9.47 Å². The second kappa shape index (κ2) is 10.6. The summed E-state index contributed by atoms with van der Waals surface area (Å²) in [6.45, 7) is 1.62. The van der Waals surface area contributed by atoms with E-state index in [9.17, 15) is 0 Å². The van der Waals surface area contributed by atoms with Gasteiger partial charge in [-0.2, -0.15) is 0 Å². The van der Waals surface area contributed by atoms with Crippen LogP contribution in [0, 0.1) is 0 Å². The summed E-state index contributed by atoms with van der Waals surface area (Å²) in [6, 6.07) is 31.8. The van der Waals surface area contributed by atoms with Crippen LogP contribution >= 0.6 is 22.6 Å². The second-order valence-corrected chi connectivity index (χ2v) is 9.44. The van der Waals surface area contributed by atoms with Gasteiger partial charge in [-0.25, -0.2) is 0 Å². The number of hydrogen-bond acceptors (Lipinski definition) is 2. The van der Waals surface area contributed by atoms with Crippen molar-refractivity contribution >= 4 is 22.6 Å². The predicted octanol–water partition coefficient (Wildman–Crippen LogP) is 6.76. The van der Waals surface area contributed by atoms with Crippen LogP contribution in [0.4, 0.5) is 0 Å². The van der Waals surface area contributed by atoms with Gasteiger partial charge in [-0.3, -0.25) is 0 Å². The maximum atomic E-state index is 6.86. The normalized spacial score (nSPS) is 17.7. The van der Waals surface area contributed by atoms with E-state index in [1.165, 1.54) is 12.8 Å². The van der Waals surface area contributed by atoms with Gasteiger partial charge in [-0.05, 0) is 42.4 Å². The van der Waals surface area contributed by atoms with Crippen molar-refractivity contribution in [1.29, 1.82) is 0 Å². The fraction of sp³-hybridized carbons (Fsp3) is 0.333. The highest BCUT2D eigenvalue weighted by Crippen LogP contribution is 2.40. The van der Waals surface area contributed by atoms with Crippen LogP contribution in [0.5, 0.6) is 0 Å². The van der Waals surface area contributed by atoms with Gasteiger partial charge in [0.05, 0.1) is 6.10 Å². The molecule has 0 N–H and O–H groups in total. The smallest absolute Gasteiger partial charge is 0.143 e. The Labute approximate surface area is 193 Å². The monoisotopic (exact) mass is 512 g/mol. The molecular weight excluding hydrogens is 483 g/mol. The highest BCUT2D eigenvalue weighted by atomic mass is 127. The zero-order valence-corrected chi connectivity index (χ0v) is 19.4. The summed E-state index contributed by atoms with van der Waals surface area (Å²) >= 11 is 2.56. The molecule has 1 aliphatic heterocycles. The molecule has 2 nitrogen and oxygen atoms in total. The Morgan fingerprint density at radius 3 is 1.77 bits per heavy atom. The van der Waals surface area contributed by atoms with Crippen molar-refractivity contribution in [1.82, 2.24) is 0 Å². The Hall–Kier alpha value is -1.69. The van der Waals surface area contributed by atoms with Crippen LogP contribution in [0.15, 0.2) is 91.0 Å². The Balaban J connectivity index is 1.61. The lowest BCUT2D eigenvalue weighted by atomic mass is 9.80. The third-order valence-electron chi connectivity index (χ3n) is 5.85. The second-order valence-electron chi connectivity index (χ2n) is 7.84. The molecule has 4 rings (SSSR count). The number of ether oxygens (including phenoxy) is 2. The van der Waals surface area contributed by atoms with E-state index >= 15 is 0 Å². The summed E-state index contributed by atoms with van der Waals surface area (Å²) in [7, 11) is 0. The van der Waals surface area contributed by atoms with Crippen LogP contribution in [-0.2, 0) is 15.1 Å². The standard InChI is InChI=1S/C27H29IO2/c28-25(26-19-11-20-29-26)18-10-21-30-27(22-12-4-1-5-13-22,23-14-6-2-7-15-23)24-16-8-3-9-17-24/h1-9,12-17,25-26H,10-11,18-21H2/t25-,26-/m1/s1. The summed E-state index contributed by atoms with van der Waals surface area (Å²) < 4.78 is 13.3. The zero-order valence-electron chi connectivity index (χ0n) is 17.3. The molecule has 2 atom stereocenters. The van der Waals surface area contributed by atoms with Gasteiger partial charge in [-0.15, -0.1) is 0 Å². The van der Waals surface area contributed by atoms with E-state index in [1.54, 1.807) is 0 Å². The number of halogens is 1. The summed E-state index contributed by atoms with van der Waals surface area (Å²) in [5.41, 5.74) is 2.86. The molecule has 3 aromatic carbocycles. The Morgan fingerprint density at radius 2 is 1.33 bits per heavy atom. The first-order valence-electron chi connectivity index (χ1n) is 10.9. The lowest BCUT2D eigenvalue weighted by molar-refractivity contribution is 0.00954. The molecule has 0 amide bonds. The van der Waals surface area contributed by atoms with E-state index in [-0.39, 0.29) is 0 Å². The Morgan fingerprint density at radius 1 is 0.833 bits per heavy atom. The minimum absolute atomic E-state index is 0.410. The molecule has 1 fully saturated rings. The summed E-state index contributed by atoms with van der Waals surface area (Å²) in [4.78, 5) is 0. The summed E-state index contributed by atoms with van der Waals surface area (Å²) in [5, 5.41) is 0. The molecule has 3 heteroatoms. The molecule has 3 aromatic rings. The van der Waals surface area contributed by atoms with Crippen LogP contribution in [-0.4, -0.2) is 23.2 Å². The molecule has 0 unspecified atom stereocenters. The van der Waals surface area contributed by atoms with Gasteiger partial charge in [0.25, 0.3) is 0 Å². The van der Waals surface area contributed by atoms with E-state index in [0.717, 1.165) is 36.1 Å². The molecule has 30 heavy (non-hydrogen) atoms. The van der Waals surface area contributed by atoms with Gasteiger partial charge in [-0.1, -0.05) is 114 Å². The maximum absolute atomic E-state index is 6.86. The average molecular weight is 512 g/mol. The summed E-state index contributed by atoms with van der Waals surface area (Å²) in [6.07, 6.45) is 4.92. The fourth-order valence-corrected chi connectivity index (χ4v) is 5.35. The highest BCUT2D eigenvalue weighted by molar-refractivity contribution is 14.1. The van der Waals surface area contributed by atoms with Crippen molar-refractivity contribution in [3.8, 4) is 0 Å². The number of hydrogen-bond donors (Lipinski definition) is 0. The number of rotatable bonds is 9. The Bertz CT molecular complexity index is 780. The number of alkyl halides is 1. The molecule has 0 aliphatic carbocycles. The molecular formula is C27H29IO2. The largest absolute Gasteiger partial charge is 0.377 e. The molecule has 0 saturated carbocycles. The van der Waals surface area contributed by atoms with Crippen LogP contribution in [0.25, 0.3) is 0 Å². The first-order chi connectivity index (χ1) is 14.8. The lowest BCUT2D eigenvalue weighted by Gasteiger charge is -2.36. The predicted molar refractivity (Wildman–Crippen MR) is 131 cm³/mol.